The second-order valence-corrected chi connectivity index (χ2v) is 5.37. The molecule has 1 N–H and O–H groups in total. The number of nitrogens with zero attached hydrogens (tertiary/aromatic N) is 2. The van der Waals surface area contributed by atoms with Crippen molar-refractivity contribution in [1.82, 2.24) is 15.1 Å². The molecule has 5 nitrogen and oxygen atoms in total. The first kappa shape index (κ1) is 16.0. The molecule has 0 spiro atoms. The van der Waals surface area contributed by atoms with Crippen LogP contribution >= 0.6 is 0 Å². The van der Waals surface area contributed by atoms with E-state index in [-0.39, 0.29) is 30.9 Å². The number of carbonyl (C=O) groups is 2. The van der Waals surface area contributed by atoms with Crippen molar-refractivity contribution in [3.05, 3.63) is 0 Å². The van der Waals surface area contributed by atoms with Crippen molar-refractivity contribution in [2.45, 2.75) is 39.7 Å². The first-order chi connectivity index (χ1) is 9.03. The van der Waals surface area contributed by atoms with E-state index in [4.69, 9.17) is 0 Å². The molecule has 19 heavy (non-hydrogen) atoms. The highest BCUT2D eigenvalue weighted by Gasteiger charge is 2.31. The second kappa shape index (κ2) is 7.48. The van der Waals surface area contributed by atoms with Gasteiger partial charge in [-0.2, -0.15) is 0 Å². The molecule has 5 heteroatoms. The van der Waals surface area contributed by atoms with E-state index in [0.717, 1.165) is 12.8 Å². The molecule has 0 radical (unpaired) electrons. The molecule has 1 aliphatic rings. The summed E-state index contributed by atoms with van der Waals surface area (Å²) in [6.45, 7) is 8.10. The zero-order valence-electron chi connectivity index (χ0n) is 12.6. The molecule has 0 bridgehead atoms. The van der Waals surface area contributed by atoms with Gasteiger partial charge in [-0.05, 0) is 19.4 Å². The smallest absolute Gasteiger partial charge is 0.242 e. The van der Waals surface area contributed by atoms with Crippen LogP contribution < -0.4 is 5.32 Å². The molecule has 1 heterocycles. The van der Waals surface area contributed by atoms with Gasteiger partial charge in [0.05, 0.1) is 13.1 Å². The predicted octanol–water partition coefficient (Wildman–Crippen LogP) is 0.701. The Hall–Kier alpha value is -1.10. The summed E-state index contributed by atoms with van der Waals surface area (Å²) in [6.07, 6.45) is 1.95. The predicted molar refractivity (Wildman–Crippen MR) is 75.8 cm³/mol. The van der Waals surface area contributed by atoms with Crippen molar-refractivity contribution in [1.29, 1.82) is 0 Å². The maximum Gasteiger partial charge on any atom is 0.242 e. The van der Waals surface area contributed by atoms with E-state index in [1.165, 1.54) is 0 Å². The average Bonchev–Trinajstić information content (AvgIpc) is 2.40. The Balaban J connectivity index is 2.60. The molecule has 1 rings (SSSR count). The average molecular weight is 269 g/mol. The van der Waals surface area contributed by atoms with Gasteiger partial charge in [0.1, 0.15) is 0 Å². The summed E-state index contributed by atoms with van der Waals surface area (Å²) in [5.41, 5.74) is 0. The molecule has 0 aliphatic carbocycles. The summed E-state index contributed by atoms with van der Waals surface area (Å²) >= 11 is 0. The van der Waals surface area contributed by atoms with E-state index in [0.29, 0.717) is 19.0 Å². The molecular weight excluding hydrogens is 242 g/mol. The van der Waals surface area contributed by atoms with Gasteiger partial charge in [0.2, 0.25) is 11.8 Å². The fourth-order valence-corrected chi connectivity index (χ4v) is 2.42. The maximum absolute atomic E-state index is 12.1. The van der Waals surface area contributed by atoms with Gasteiger partial charge in [0.15, 0.2) is 0 Å². The lowest BCUT2D eigenvalue weighted by Crippen LogP contribution is -2.57. The molecule has 0 aromatic heterocycles. The minimum atomic E-state index is 0.0663. The third-order valence-electron chi connectivity index (χ3n) is 3.97. The highest BCUT2D eigenvalue weighted by molar-refractivity contribution is 5.92. The Kier molecular flexibility index (Phi) is 6.28. The standard InChI is InChI=1S/C14H27N3O2/c1-5-7-16-9-14(19)17(10-13(16)18)8-12(15-4)11(3)6-2/h11-12,15H,5-10H2,1-4H3. The van der Waals surface area contributed by atoms with Crippen molar-refractivity contribution >= 4 is 11.8 Å². The van der Waals surface area contributed by atoms with Crippen molar-refractivity contribution in [3.63, 3.8) is 0 Å². The van der Waals surface area contributed by atoms with Gasteiger partial charge in [-0.15, -0.1) is 0 Å². The summed E-state index contributed by atoms with van der Waals surface area (Å²) < 4.78 is 0. The van der Waals surface area contributed by atoms with Crippen LogP contribution in [0.3, 0.4) is 0 Å². The van der Waals surface area contributed by atoms with Crippen LogP contribution in [0.25, 0.3) is 0 Å². The summed E-state index contributed by atoms with van der Waals surface area (Å²) in [4.78, 5) is 27.4. The lowest BCUT2D eigenvalue weighted by Gasteiger charge is -2.36. The first-order valence-corrected chi connectivity index (χ1v) is 7.26. The Morgan fingerprint density at radius 2 is 1.74 bits per heavy atom. The Morgan fingerprint density at radius 1 is 1.16 bits per heavy atom. The molecule has 2 atom stereocenters. The minimum absolute atomic E-state index is 0.0663. The Bertz CT molecular complexity index is 320. The normalized spacial score (nSPS) is 19.8. The molecule has 1 aliphatic heterocycles. The molecule has 0 aromatic rings. The molecule has 2 amide bonds. The van der Waals surface area contributed by atoms with Crippen LogP contribution in [0.2, 0.25) is 0 Å². The number of hydrogen-bond donors (Lipinski definition) is 1. The van der Waals surface area contributed by atoms with Crippen LogP contribution in [-0.4, -0.2) is 60.9 Å². The monoisotopic (exact) mass is 269 g/mol. The van der Waals surface area contributed by atoms with Crippen LogP contribution in [-0.2, 0) is 9.59 Å². The lowest BCUT2D eigenvalue weighted by molar-refractivity contribution is -0.150. The van der Waals surface area contributed by atoms with E-state index in [2.05, 4.69) is 19.2 Å². The topological polar surface area (TPSA) is 52.7 Å². The molecule has 1 fully saturated rings. The number of nitrogens with one attached hydrogen (secondary N) is 1. The summed E-state index contributed by atoms with van der Waals surface area (Å²) in [5, 5.41) is 3.25. The number of piperazine rings is 1. The highest BCUT2D eigenvalue weighted by Crippen LogP contribution is 2.12. The van der Waals surface area contributed by atoms with E-state index in [1.807, 2.05) is 14.0 Å². The molecular formula is C14H27N3O2. The number of hydrogen-bond acceptors (Lipinski definition) is 3. The lowest BCUT2D eigenvalue weighted by atomic mass is 9.98. The van der Waals surface area contributed by atoms with Gasteiger partial charge in [0, 0.05) is 19.1 Å². The van der Waals surface area contributed by atoms with E-state index >= 15 is 0 Å². The van der Waals surface area contributed by atoms with Gasteiger partial charge in [0.25, 0.3) is 0 Å². The fraction of sp³-hybridized carbons (Fsp3) is 0.857. The van der Waals surface area contributed by atoms with Crippen molar-refractivity contribution in [2.24, 2.45) is 5.92 Å². The number of amides is 2. The van der Waals surface area contributed by atoms with Gasteiger partial charge in [-0.3, -0.25) is 9.59 Å². The molecule has 1 saturated heterocycles. The highest BCUT2D eigenvalue weighted by atomic mass is 16.2. The minimum Gasteiger partial charge on any atom is -0.332 e. The van der Waals surface area contributed by atoms with E-state index in [1.54, 1.807) is 9.80 Å². The fourth-order valence-electron chi connectivity index (χ4n) is 2.42. The maximum atomic E-state index is 12.1. The van der Waals surface area contributed by atoms with Crippen molar-refractivity contribution < 1.29 is 9.59 Å². The van der Waals surface area contributed by atoms with Crippen LogP contribution in [0.5, 0.6) is 0 Å². The summed E-state index contributed by atoms with van der Waals surface area (Å²) in [6, 6.07) is 0.250. The molecule has 0 aromatic carbocycles. The quantitative estimate of drug-likeness (QED) is 0.740. The van der Waals surface area contributed by atoms with E-state index < -0.39 is 0 Å². The van der Waals surface area contributed by atoms with Crippen LogP contribution in [0, 0.1) is 5.92 Å². The number of likely N-dealkylation sites (N-methyl/N-ethyl adjacent to an activating group) is 1. The SMILES string of the molecule is CCCN1CC(=O)N(CC(NC)C(C)CC)CC1=O. The number of carbonyl (C=O) groups excluding carboxylic acids is 2. The molecule has 110 valence electrons. The van der Waals surface area contributed by atoms with Gasteiger partial charge in [-0.25, -0.2) is 0 Å². The molecule has 0 saturated carbocycles. The zero-order valence-corrected chi connectivity index (χ0v) is 12.6. The Morgan fingerprint density at radius 3 is 2.26 bits per heavy atom. The number of rotatable bonds is 7. The van der Waals surface area contributed by atoms with Crippen LogP contribution in [0.15, 0.2) is 0 Å². The second-order valence-electron chi connectivity index (χ2n) is 5.37. The first-order valence-electron chi connectivity index (χ1n) is 7.26. The van der Waals surface area contributed by atoms with Crippen LogP contribution in [0.1, 0.15) is 33.6 Å². The Labute approximate surface area is 116 Å². The van der Waals surface area contributed by atoms with Crippen molar-refractivity contribution in [2.75, 3.05) is 33.2 Å². The molecule has 2 unspecified atom stereocenters. The summed E-state index contributed by atoms with van der Waals surface area (Å²) in [7, 11) is 1.91. The largest absolute Gasteiger partial charge is 0.332 e. The van der Waals surface area contributed by atoms with Crippen LogP contribution in [0.4, 0.5) is 0 Å². The van der Waals surface area contributed by atoms with Crippen molar-refractivity contribution in [3.8, 4) is 0 Å². The third kappa shape index (κ3) is 4.20. The third-order valence-corrected chi connectivity index (χ3v) is 3.97. The van der Waals surface area contributed by atoms with Gasteiger partial charge < -0.3 is 15.1 Å². The van der Waals surface area contributed by atoms with Gasteiger partial charge in [-0.1, -0.05) is 27.2 Å². The zero-order chi connectivity index (χ0) is 14.4. The van der Waals surface area contributed by atoms with Gasteiger partial charge >= 0.3 is 0 Å². The summed E-state index contributed by atoms with van der Waals surface area (Å²) in [5.74, 6) is 0.624. The van der Waals surface area contributed by atoms with E-state index in [9.17, 15) is 9.59 Å².